The first-order valence-electron chi connectivity index (χ1n) is 11.5. The number of rotatable bonds is 9. The summed E-state index contributed by atoms with van der Waals surface area (Å²) in [6.07, 6.45) is 7.32. The van der Waals surface area contributed by atoms with Crippen molar-refractivity contribution in [3.63, 3.8) is 0 Å². The molecule has 0 radical (unpaired) electrons. The van der Waals surface area contributed by atoms with Crippen molar-refractivity contribution >= 4 is 29.1 Å². The Balaban J connectivity index is 1.22. The topological polar surface area (TPSA) is 70.7 Å². The minimum Gasteiger partial charge on any atom is -0.491 e. The first-order valence-corrected chi connectivity index (χ1v) is 11.9. The minimum absolute atomic E-state index is 0.136. The Morgan fingerprint density at radius 1 is 1.13 bits per heavy atom. The monoisotopic (exact) mass is 447 g/mol. The molecule has 1 aromatic rings. The fraction of sp³-hybridized carbons (Fsp3) is 0.667. The Morgan fingerprint density at radius 2 is 1.77 bits per heavy atom. The molecule has 2 amide bonds. The number of hydrogen-bond acceptors (Lipinski definition) is 4. The Bertz CT molecular complexity index is 791. The van der Waals surface area contributed by atoms with E-state index in [9.17, 15) is 9.59 Å². The smallest absolute Gasteiger partial charge is 0.226 e. The number of likely N-dealkylation sites (N-methyl/N-ethyl adjacent to an activating group) is 1. The van der Waals surface area contributed by atoms with E-state index in [-0.39, 0.29) is 23.7 Å². The molecule has 7 heteroatoms. The standard InChI is InChI=1S/C24H34ClN3O3/c1-28(2)7-8-31-21-4-3-19(12-20(21)25)27-22(29)5-6-26-23(30)24-13-16-9-17(14-24)11-18(10-16)15-24/h3-4,12,16-18H,5-11,13-15H2,1-2H3,(H,26,30)(H,27,29). The van der Waals surface area contributed by atoms with Crippen molar-refractivity contribution in [2.45, 2.75) is 44.9 Å². The van der Waals surface area contributed by atoms with Gasteiger partial charge in [-0.1, -0.05) is 11.6 Å². The molecule has 0 spiro atoms. The average Bonchev–Trinajstić information content (AvgIpc) is 2.68. The number of halogens is 1. The van der Waals surface area contributed by atoms with Crippen LogP contribution in [-0.2, 0) is 9.59 Å². The highest BCUT2D eigenvalue weighted by Gasteiger charge is 2.54. The van der Waals surface area contributed by atoms with Crippen LogP contribution in [0.4, 0.5) is 5.69 Å². The summed E-state index contributed by atoms with van der Waals surface area (Å²) in [7, 11) is 3.96. The molecule has 0 heterocycles. The Morgan fingerprint density at radius 3 is 2.35 bits per heavy atom. The lowest BCUT2D eigenvalue weighted by Gasteiger charge is -2.55. The lowest BCUT2D eigenvalue weighted by atomic mass is 9.49. The largest absolute Gasteiger partial charge is 0.491 e. The van der Waals surface area contributed by atoms with Gasteiger partial charge in [0, 0.05) is 30.6 Å². The second-order valence-electron chi connectivity index (χ2n) is 10.0. The molecule has 4 fully saturated rings. The van der Waals surface area contributed by atoms with Gasteiger partial charge in [0.05, 0.1) is 5.02 Å². The van der Waals surface area contributed by atoms with E-state index >= 15 is 0 Å². The predicted molar refractivity (Wildman–Crippen MR) is 122 cm³/mol. The van der Waals surface area contributed by atoms with Crippen molar-refractivity contribution < 1.29 is 14.3 Å². The SMILES string of the molecule is CN(C)CCOc1ccc(NC(=O)CCNC(=O)C23CC4CC(CC(C4)C2)C3)cc1Cl. The number of ether oxygens (including phenoxy) is 1. The summed E-state index contributed by atoms with van der Waals surface area (Å²) in [5, 5.41) is 6.38. The zero-order valence-electron chi connectivity index (χ0n) is 18.6. The molecule has 2 N–H and O–H groups in total. The molecular weight excluding hydrogens is 414 g/mol. The number of hydrogen-bond donors (Lipinski definition) is 2. The van der Waals surface area contributed by atoms with Crippen LogP contribution in [0.15, 0.2) is 18.2 Å². The van der Waals surface area contributed by atoms with E-state index in [1.165, 1.54) is 19.3 Å². The van der Waals surface area contributed by atoms with Crippen LogP contribution >= 0.6 is 11.6 Å². The molecule has 0 atom stereocenters. The van der Waals surface area contributed by atoms with E-state index in [1.54, 1.807) is 18.2 Å². The van der Waals surface area contributed by atoms with Crippen molar-refractivity contribution in [1.82, 2.24) is 10.2 Å². The van der Waals surface area contributed by atoms with Crippen molar-refractivity contribution in [1.29, 1.82) is 0 Å². The second-order valence-corrected chi connectivity index (χ2v) is 10.5. The van der Waals surface area contributed by atoms with E-state index in [1.807, 2.05) is 19.0 Å². The summed E-state index contributed by atoms with van der Waals surface area (Å²) >= 11 is 6.28. The highest BCUT2D eigenvalue weighted by Crippen LogP contribution is 2.60. The third-order valence-corrected chi connectivity index (χ3v) is 7.46. The minimum atomic E-state index is -0.166. The van der Waals surface area contributed by atoms with Gasteiger partial charge in [-0.25, -0.2) is 0 Å². The lowest BCUT2D eigenvalue weighted by Crippen LogP contribution is -2.53. The normalized spacial score (nSPS) is 28.6. The average molecular weight is 448 g/mol. The number of nitrogens with one attached hydrogen (secondary N) is 2. The quantitative estimate of drug-likeness (QED) is 0.601. The van der Waals surface area contributed by atoms with Crippen LogP contribution in [0.3, 0.4) is 0 Å². The van der Waals surface area contributed by atoms with Crippen LogP contribution in [0, 0.1) is 23.2 Å². The summed E-state index contributed by atoms with van der Waals surface area (Å²) in [5.41, 5.74) is 0.462. The highest BCUT2D eigenvalue weighted by atomic mass is 35.5. The van der Waals surface area contributed by atoms with E-state index in [4.69, 9.17) is 16.3 Å². The van der Waals surface area contributed by atoms with E-state index in [2.05, 4.69) is 10.6 Å². The third kappa shape index (κ3) is 5.35. The maximum Gasteiger partial charge on any atom is 0.226 e. The van der Waals surface area contributed by atoms with Crippen molar-refractivity contribution in [2.75, 3.05) is 39.1 Å². The molecule has 6 nitrogen and oxygen atoms in total. The van der Waals surface area contributed by atoms with E-state index in [0.29, 0.717) is 29.6 Å². The molecule has 0 aliphatic heterocycles. The van der Waals surface area contributed by atoms with Gasteiger partial charge in [0.25, 0.3) is 0 Å². The van der Waals surface area contributed by atoms with Gasteiger partial charge in [-0.3, -0.25) is 9.59 Å². The van der Waals surface area contributed by atoms with Crippen LogP contribution in [-0.4, -0.2) is 50.5 Å². The summed E-state index contributed by atoms with van der Waals surface area (Å²) in [6.45, 7) is 1.71. The van der Waals surface area contributed by atoms with Gasteiger partial charge in [-0.05, 0) is 88.6 Å². The molecule has 31 heavy (non-hydrogen) atoms. The number of nitrogens with zero attached hydrogens (tertiary/aromatic N) is 1. The molecule has 170 valence electrons. The van der Waals surface area contributed by atoms with Gasteiger partial charge in [0.15, 0.2) is 0 Å². The molecule has 0 unspecified atom stereocenters. The summed E-state index contributed by atoms with van der Waals surface area (Å²) in [5.74, 6) is 2.84. The van der Waals surface area contributed by atoms with Crippen LogP contribution < -0.4 is 15.4 Å². The first kappa shape index (κ1) is 22.4. The van der Waals surface area contributed by atoms with Crippen molar-refractivity contribution in [3.05, 3.63) is 23.2 Å². The highest BCUT2D eigenvalue weighted by molar-refractivity contribution is 6.32. The van der Waals surface area contributed by atoms with Crippen LogP contribution in [0.1, 0.15) is 44.9 Å². The lowest BCUT2D eigenvalue weighted by molar-refractivity contribution is -0.146. The van der Waals surface area contributed by atoms with Crippen LogP contribution in [0.5, 0.6) is 5.75 Å². The van der Waals surface area contributed by atoms with Gasteiger partial charge < -0.3 is 20.3 Å². The van der Waals surface area contributed by atoms with Gasteiger partial charge in [-0.2, -0.15) is 0 Å². The van der Waals surface area contributed by atoms with Crippen LogP contribution in [0.2, 0.25) is 5.02 Å². The fourth-order valence-electron chi connectivity index (χ4n) is 6.12. The Hall–Kier alpha value is -1.79. The van der Waals surface area contributed by atoms with E-state index < -0.39 is 0 Å². The molecule has 1 aromatic carbocycles. The molecule has 5 rings (SSSR count). The number of amides is 2. The Labute approximate surface area is 190 Å². The Kier molecular flexibility index (Phi) is 6.77. The number of carbonyl (C=O) groups is 2. The van der Waals surface area contributed by atoms with Gasteiger partial charge in [0.1, 0.15) is 12.4 Å². The molecule has 0 saturated heterocycles. The number of anilines is 1. The zero-order chi connectivity index (χ0) is 22.0. The molecular formula is C24H34ClN3O3. The van der Waals surface area contributed by atoms with Gasteiger partial charge in [0.2, 0.25) is 11.8 Å². The zero-order valence-corrected chi connectivity index (χ0v) is 19.3. The van der Waals surface area contributed by atoms with Gasteiger partial charge in [-0.15, -0.1) is 0 Å². The molecule has 0 aromatic heterocycles. The van der Waals surface area contributed by atoms with Crippen LogP contribution in [0.25, 0.3) is 0 Å². The predicted octanol–water partition coefficient (Wildman–Crippen LogP) is 3.94. The summed E-state index contributed by atoms with van der Waals surface area (Å²) in [4.78, 5) is 27.3. The summed E-state index contributed by atoms with van der Waals surface area (Å²) < 4.78 is 5.67. The first-order chi connectivity index (χ1) is 14.8. The van der Waals surface area contributed by atoms with Crippen molar-refractivity contribution in [2.24, 2.45) is 23.2 Å². The second kappa shape index (κ2) is 9.37. The van der Waals surface area contributed by atoms with Gasteiger partial charge >= 0.3 is 0 Å². The van der Waals surface area contributed by atoms with E-state index in [0.717, 1.165) is 43.6 Å². The maximum atomic E-state index is 13.0. The number of benzene rings is 1. The molecule has 4 bridgehead atoms. The fourth-order valence-corrected chi connectivity index (χ4v) is 6.36. The number of carbonyl (C=O) groups excluding carboxylic acids is 2. The molecule has 4 aliphatic carbocycles. The third-order valence-electron chi connectivity index (χ3n) is 7.17. The van der Waals surface area contributed by atoms with Crippen molar-refractivity contribution in [3.8, 4) is 5.75 Å². The maximum absolute atomic E-state index is 13.0. The molecule has 4 saturated carbocycles. The summed E-state index contributed by atoms with van der Waals surface area (Å²) in [6, 6.07) is 5.24. The molecule has 4 aliphatic rings.